The van der Waals surface area contributed by atoms with E-state index in [4.69, 9.17) is 14.2 Å². The lowest BCUT2D eigenvalue weighted by Crippen LogP contribution is -2.33. The molecule has 0 spiro atoms. The molecular formula is C20H23NO5. The van der Waals surface area contributed by atoms with Gasteiger partial charge >= 0.3 is 5.97 Å². The maximum absolute atomic E-state index is 12.4. The minimum absolute atomic E-state index is 0.385. The van der Waals surface area contributed by atoms with E-state index in [-0.39, 0.29) is 6.61 Å². The van der Waals surface area contributed by atoms with Gasteiger partial charge in [0.15, 0.2) is 6.61 Å². The van der Waals surface area contributed by atoms with Crippen molar-refractivity contribution in [3.63, 3.8) is 0 Å². The Morgan fingerprint density at radius 2 is 1.69 bits per heavy atom. The minimum atomic E-state index is -0.848. The SMILES string of the molecule is COc1ccc(NC(=O)COC(=O)C(C)(C)c2ccccc2)c(OC)c1. The number of amides is 1. The number of hydrogen-bond acceptors (Lipinski definition) is 5. The number of benzene rings is 2. The van der Waals surface area contributed by atoms with Gasteiger partial charge in [-0.25, -0.2) is 0 Å². The number of rotatable bonds is 7. The second-order valence-corrected chi connectivity index (χ2v) is 6.18. The summed E-state index contributed by atoms with van der Waals surface area (Å²) in [7, 11) is 3.04. The average molecular weight is 357 g/mol. The van der Waals surface area contributed by atoms with Crippen LogP contribution in [0.25, 0.3) is 0 Å². The van der Waals surface area contributed by atoms with Gasteiger partial charge in [0.1, 0.15) is 11.5 Å². The Morgan fingerprint density at radius 3 is 2.31 bits per heavy atom. The Kier molecular flexibility index (Phi) is 6.22. The molecule has 138 valence electrons. The van der Waals surface area contributed by atoms with E-state index >= 15 is 0 Å². The topological polar surface area (TPSA) is 73.9 Å². The van der Waals surface area contributed by atoms with E-state index in [1.54, 1.807) is 39.2 Å². The Bertz CT molecular complexity index is 771. The maximum Gasteiger partial charge on any atom is 0.316 e. The summed E-state index contributed by atoms with van der Waals surface area (Å²) in [5.74, 6) is 0.135. The number of anilines is 1. The molecule has 6 nitrogen and oxygen atoms in total. The monoisotopic (exact) mass is 357 g/mol. The third-order valence-electron chi connectivity index (χ3n) is 4.02. The number of hydrogen-bond donors (Lipinski definition) is 1. The molecule has 0 aliphatic rings. The normalized spacial score (nSPS) is 10.8. The van der Waals surface area contributed by atoms with Crippen molar-refractivity contribution < 1.29 is 23.8 Å². The lowest BCUT2D eigenvalue weighted by atomic mass is 9.85. The summed E-state index contributed by atoms with van der Waals surface area (Å²) >= 11 is 0. The molecular weight excluding hydrogens is 334 g/mol. The minimum Gasteiger partial charge on any atom is -0.497 e. The fourth-order valence-electron chi connectivity index (χ4n) is 2.37. The molecule has 0 aliphatic heterocycles. The second kappa shape index (κ2) is 8.38. The van der Waals surface area contributed by atoms with Crippen LogP contribution in [0.15, 0.2) is 48.5 Å². The molecule has 0 bridgehead atoms. The molecule has 0 unspecified atom stereocenters. The van der Waals surface area contributed by atoms with Crippen molar-refractivity contribution in [1.29, 1.82) is 0 Å². The van der Waals surface area contributed by atoms with Gasteiger partial charge in [-0.1, -0.05) is 30.3 Å². The molecule has 1 amide bonds. The van der Waals surface area contributed by atoms with Gasteiger partial charge in [-0.3, -0.25) is 9.59 Å². The molecule has 0 saturated heterocycles. The first-order chi connectivity index (χ1) is 12.4. The van der Waals surface area contributed by atoms with E-state index in [1.165, 1.54) is 7.11 Å². The van der Waals surface area contributed by atoms with Crippen LogP contribution in [0.4, 0.5) is 5.69 Å². The summed E-state index contributed by atoms with van der Waals surface area (Å²) in [4.78, 5) is 24.5. The highest BCUT2D eigenvalue weighted by molar-refractivity contribution is 5.95. The third kappa shape index (κ3) is 4.53. The van der Waals surface area contributed by atoms with Gasteiger partial charge in [0, 0.05) is 6.07 Å². The molecule has 0 atom stereocenters. The first kappa shape index (κ1) is 19.3. The Balaban J connectivity index is 1.97. The van der Waals surface area contributed by atoms with Crippen LogP contribution in [0.2, 0.25) is 0 Å². The molecule has 1 N–H and O–H groups in total. The highest BCUT2D eigenvalue weighted by Gasteiger charge is 2.31. The summed E-state index contributed by atoms with van der Waals surface area (Å²) in [5, 5.41) is 2.66. The van der Waals surface area contributed by atoms with E-state index in [2.05, 4.69) is 5.32 Å². The van der Waals surface area contributed by atoms with Crippen molar-refractivity contribution in [3.05, 3.63) is 54.1 Å². The summed E-state index contributed by atoms with van der Waals surface area (Å²) < 4.78 is 15.5. The molecule has 0 radical (unpaired) electrons. The van der Waals surface area contributed by atoms with Crippen LogP contribution in [0.3, 0.4) is 0 Å². The van der Waals surface area contributed by atoms with Crippen LogP contribution in [-0.2, 0) is 19.7 Å². The molecule has 2 aromatic carbocycles. The van der Waals surface area contributed by atoms with Crippen LogP contribution in [0.1, 0.15) is 19.4 Å². The van der Waals surface area contributed by atoms with Gasteiger partial charge in [-0.2, -0.15) is 0 Å². The van der Waals surface area contributed by atoms with E-state index in [1.807, 2.05) is 30.3 Å². The predicted molar refractivity (Wildman–Crippen MR) is 98.6 cm³/mol. The fraction of sp³-hybridized carbons (Fsp3) is 0.300. The molecule has 0 aliphatic carbocycles. The average Bonchev–Trinajstić information content (AvgIpc) is 2.67. The fourth-order valence-corrected chi connectivity index (χ4v) is 2.37. The first-order valence-corrected chi connectivity index (χ1v) is 8.13. The molecule has 2 aromatic rings. The molecule has 26 heavy (non-hydrogen) atoms. The molecule has 0 aromatic heterocycles. The van der Waals surface area contributed by atoms with E-state index in [0.29, 0.717) is 17.2 Å². The summed E-state index contributed by atoms with van der Waals surface area (Å²) in [6.07, 6.45) is 0. The predicted octanol–water partition coefficient (Wildman–Crippen LogP) is 3.16. The van der Waals surface area contributed by atoms with Crippen molar-refractivity contribution in [2.24, 2.45) is 0 Å². The molecule has 0 fully saturated rings. The van der Waals surface area contributed by atoms with E-state index in [0.717, 1.165) is 5.56 Å². The molecule has 6 heteroatoms. The third-order valence-corrected chi connectivity index (χ3v) is 4.02. The summed E-state index contributed by atoms with van der Waals surface area (Å²) in [6, 6.07) is 14.3. The number of ether oxygens (including phenoxy) is 3. The van der Waals surface area contributed by atoms with Gasteiger partial charge in [0.25, 0.3) is 5.91 Å². The van der Waals surface area contributed by atoms with Crippen molar-refractivity contribution in [3.8, 4) is 11.5 Å². The smallest absolute Gasteiger partial charge is 0.316 e. The van der Waals surface area contributed by atoms with Crippen molar-refractivity contribution in [2.75, 3.05) is 26.1 Å². The lowest BCUT2D eigenvalue weighted by Gasteiger charge is -2.23. The number of carbonyl (C=O) groups is 2. The second-order valence-electron chi connectivity index (χ2n) is 6.18. The number of nitrogens with one attached hydrogen (secondary N) is 1. The zero-order chi connectivity index (χ0) is 19.2. The highest BCUT2D eigenvalue weighted by Crippen LogP contribution is 2.29. The Morgan fingerprint density at radius 1 is 1.00 bits per heavy atom. The van der Waals surface area contributed by atoms with Gasteiger partial charge in [-0.15, -0.1) is 0 Å². The van der Waals surface area contributed by atoms with Crippen LogP contribution in [-0.4, -0.2) is 32.7 Å². The summed E-state index contributed by atoms with van der Waals surface area (Å²) in [5.41, 5.74) is 0.443. The van der Waals surface area contributed by atoms with Gasteiger partial charge < -0.3 is 19.5 Å². The van der Waals surface area contributed by atoms with Crippen molar-refractivity contribution in [1.82, 2.24) is 0 Å². The van der Waals surface area contributed by atoms with Crippen molar-refractivity contribution in [2.45, 2.75) is 19.3 Å². The molecule has 0 saturated carbocycles. The zero-order valence-corrected chi connectivity index (χ0v) is 15.4. The first-order valence-electron chi connectivity index (χ1n) is 8.13. The quantitative estimate of drug-likeness (QED) is 0.771. The van der Waals surface area contributed by atoms with Gasteiger partial charge in [-0.05, 0) is 31.5 Å². The van der Waals surface area contributed by atoms with E-state index in [9.17, 15) is 9.59 Å². The summed E-state index contributed by atoms with van der Waals surface area (Å²) in [6.45, 7) is 3.13. The van der Waals surface area contributed by atoms with Crippen LogP contribution in [0.5, 0.6) is 11.5 Å². The van der Waals surface area contributed by atoms with Crippen LogP contribution in [0, 0.1) is 0 Å². The van der Waals surface area contributed by atoms with Crippen LogP contribution >= 0.6 is 0 Å². The molecule has 0 heterocycles. The van der Waals surface area contributed by atoms with Crippen LogP contribution < -0.4 is 14.8 Å². The Labute approximate surface area is 153 Å². The molecule has 2 rings (SSSR count). The van der Waals surface area contributed by atoms with Gasteiger partial charge in [0.05, 0.1) is 25.3 Å². The van der Waals surface area contributed by atoms with Gasteiger partial charge in [0.2, 0.25) is 0 Å². The van der Waals surface area contributed by atoms with Crippen molar-refractivity contribution >= 4 is 17.6 Å². The van der Waals surface area contributed by atoms with E-state index < -0.39 is 17.3 Å². The number of carbonyl (C=O) groups excluding carboxylic acids is 2. The number of methoxy groups -OCH3 is 2. The largest absolute Gasteiger partial charge is 0.497 e. The number of esters is 1. The standard InChI is InChI=1S/C20H23NO5/c1-20(2,14-8-6-5-7-9-14)19(23)26-13-18(22)21-16-11-10-15(24-3)12-17(16)25-4/h5-12H,13H2,1-4H3,(H,21,22). The zero-order valence-electron chi connectivity index (χ0n) is 15.4. The maximum atomic E-state index is 12.4. The highest BCUT2D eigenvalue weighted by atomic mass is 16.5. The lowest BCUT2D eigenvalue weighted by molar-refractivity contribution is -0.152. The Hall–Kier alpha value is -3.02.